The van der Waals surface area contributed by atoms with E-state index >= 15 is 0 Å². The van der Waals surface area contributed by atoms with Crippen molar-refractivity contribution in [2.24, 2.45) is 11.7 Å². The number of nitrogens with two attached hydrogens (primary N) is 1. The SMILES string of the molecule is NCC1CC(=O)N(c2c(F)cc(Cl)cc2Br)C1. The highest BCUT2D eigenvalue weighted by molar-refractivity contribution is 9.10. The molecule has 1 unspecified atom stereocenters. The Hall–Kier alpha value is -0.650. The fourth-order valence-electron chi connectivity index (χ4n) is 1.95. The second kappa shape index (κ2) is 4.92. The summed E-state index contributed by atoms with van der Waals surface area (Å²) in [4.78, 5) is 13.2. The van der Waals surface area contributed by atoms with Gasteiger partial charge in [-0.25, -0.2) is 4.39 Å². The summed E-state index contributed by atoms with van der Waals surface area (Å²) in [6, 6.07) is 2.77. The number of benzene rings is 1. The van der Waals surface area contributed by atoms with Gasteiger partial charge in [-0.1, -0.05) is 11.6 Å². The molecule has 92 valence electrons. The molecule has 1 amide bonds. The average Bonchev–Trinajstić information content (AvgIpc) is 2.59. The lowest BCUT2D eigenvalue weighted by Gasteiger charge is -2.19. The van der Waals surface area contributed by atoms with Gasteiger partial charge in [-0.15, -0.1) is 0 Å². The third kappa shape index (κ3) is 2.46. The molecule has 0 aliphatic carbocycles. The molecule has 2 N–H and O–H groups in total. The Balaban J connectivity index is 2.38. The van der Waals surface area contributed by atoms with Crippen molar-refractivity contribution < 1.29 is 9.18 Å². The highest BCUT2D eigenvalue weighted by atomic mass is 79.9. The van der Waals surface area contributed by atoms with Crippen LogP contribution in [0.5, 0.6) is 0 Å². The van der Waals surface area contributed by atoms with Gasteiger partial charge in [0.2, 0.25) is 5.91 Å². The van der Waals surface area contributed by atoms with E-state index < -0.39 is 5.82 Å². The highest BCUT2D eigenvalue weighted by Crippen LogP contribution is 2.35. The number of carbonyl (C=O) groups excluding carboxylic acids is 1. The minimum atomic E-state index is -0.504. The first-order valence-electron chi connectivity index (χ1n) is 5.18. The van der Waals surface area contributed by atoms with Gasteiger partial charge in [0.25, 0.3) is 0 Å². The predicted molar refractivity (Wildman–Crippen MR) is 68.6 cm³/mol. The van der Waals surface area contributed by atoms with E-state index in [1.807, 2.05) is 0 Å². The zero-order valence-electron chi connectivity index (χ0n) is 8.92. The topological polar surface area (TPSA) is 46.3 Å². The van der Waals surface area contributed by atoms with Crippen LogP contribution in [-0.4, -0.2) is 19.0 Å². The maximum atomic E-state index is 13.8. The molecular formula is C11H11BrClFN2O. The molecule has 6 heteroatoms. The fourth-order valence-corrected chi connectivity index (χ4v) is 2.93. The molecule has 0 bridgehead atoms. The summed E-state index contributed by atoms with van der Waals surface area (Å²) in [5.74, 6) is -0.526. The molecule has 1 aliphatic heterocycles. The smallest absolute Gasteiger partial charge is 0.227 e. The number of amides is 1. The molecule has 3 nitrogen and oxygen atoms in total. The Morgan fingerprint density at radius 3 is 2.82 bits per heavy atom. The van der Waals surface area contributed by atoms with Gasteiger partial charge >= 0.3 is 0 Å². The molecule has 1 aromatic rings. The van der Waals surface area contributed by atoms with Crippen LogP contribution in [-0.2, 0) is 4.79 Å². The standard InChI is InChI=1S/C11H11BrClFN2O/c12-8-2-7(13)3-9(14)11(8)16-5-6(4-15)1-10(16)17/h2-3,6H,1,4-5,15H2. The Bertz CT molecular complexity index is 446. The lowest BCUT2D eigenvalue weighted by molar-refractivity contribution is -0.117. The monoisotopic (exact) mass is 320 g/mol. The molecular weight excluding hydrogens is 310 g/mol. The van der Waals surface area contributed by atoms with Crippen LogP contribution >= 0.6 is 27.5 Å². The van der Waals surface area contributed by atoms with E-state index in [0.29, 0.717) is 29.0 Å². The van der Waals surface area contributed by atoms with Gasteiger partial charge < -0.3 is 10.6 Å². The van der Waals surface area contributed by atoms with Gasteiger partial charge in [0.1, 0.15) is 5.82 Å². The van der Waals surface area contributed by atoms with E-state index in [0.717, 1.165) is 0 Å². The third-order valence-electron chi connectivity index (χ3n) is 2.79. The fraction of sp³-hybridized carbons (Fsp3) is 0.364. The first-order chi connectivity index (χ1) is 8.02. The molecule has 1 saturated heterocycles. The minimum absolute atomic E-state index is 0.0875. The second-order valence-electron chi connectivity index (χ2n) is 4.03. The molecule has 1 heterocycles. The van der Waals surface area contributed by atoms with Crippen LogP contribution in [0.15, 0.2) is 16.6 Å². The van der Waals surface area contributed by atoms with Crippen LogP contribution in [0.1, 0.15) is 6.42 Å². The van der Waals surface area contributed by atoms with Crippen molar-refractivity contribution >= 4 is 39.1 Å². The van der Waals surface area contributed by atoms with Crippen molar-refractivity contribution in [3.05, 3.63) is 27.4 Å². The molecule has 1 atom stereocenters. The Morgan fingerprint density at radius 1 is 1.59 bits per heavy atom. The van der Waals surface area contributed by atoms with Gasteiger partial charge in [-0.05, 0) is 40.5 Å². The van der Waals surface area contributed by atoms with E-state index in [1.165, 1.54) is 11.0 Å². The molecule has 1 fully saturated rings. The van der Waals surface area contributed by atoms with Crippen LogP contribution in [0.25, 0.3) is 0 Å². The van der Waals surface area contributed by atoms with Crippen LogP contribution in [0.2, 0.25) is 5.02 Å². The molecule has 17 heavy (non-hydrogen) atoms. The van der Waals surface area contributed by atoms with E-state index in [9.17, 15) is 9.18 Å². The Kier molecular flexibility index (Phi) is 3.70. The zero-order chi connectivity index (χ0) is 12.6. The summed E-state index contributed by atoms with van der Waals surface area (Å²) in [7, 11) is 0. The lowest BCUT2D eigenvalue weighted by Crippen LogP contribution is -2.27. The van der Waals surface area contributed by atoms with E-state index in [1.54, 1.807) is 6.07 Å². The second-order valence-corrected chi connectivity index (χ2v) is 5.32. The van der Waals surface area contributed by atoms with E-state index in [2.05, 4.69) is 15.9 Å². The molecule has 1 aromatic carbocycles. The number of nitrogens with zero attached hydrogens (tertiary/aromatic N) is 1. The van der Waals surface area contributed by atoms with Gasteiger partial charge in [0, 0.05) is 22.5 Å². The highest BCUT2D eigenvalue weighted by Gasteiger charge is 2.32. The number of hydrogen-bond donors (Lipinski definition) is 1. The third-order valence-corrected chi connectivity index (χ3v) is 3.61. The van der Waals surface area contributed by atoms with Gasteiger partial charge in [0.15, 0.2) is 0 Å². The molecule has 0 saturated carbocycles. The Labute approximate surface area is 112 Å². The average molecular weight is 322 g/mol. The number of halogens is 3. The van der Waals surface area contributed by atoms with E-state index in [4.69, 9.17) is 17.3 Å². The van der Waals surface area contributed by atoms with Crippen LogP contribution in [0.3, 0.4) is 0 Å². The van der Waals surface area contributed by atoms with Crippen molar-refractivity contribution in [2.75, 3.05) is 18.0 Å². The van der Waals surface area contributed by atoms with Gasteiger partial charge in [-0.2, -0.15) is 0 Å². The maximum Gasteiger partial charge on any atom is 0.227 e. The summed E-state index contributed by atoms with van der Waals surface area (Å²) >= 11 is 8.96. The number of rotatable bonds is 2. The first-order valence-corrected chi connectivity index (χ1v) is 6.35. The normalized spacial score (nSPS) is 20.1. The first kappa shape index (κ1) is 12.8. The Morgan fingerprint density at radius 2 is 2.29 bits per heavy atom. The molecule has 2 rings (SSSR count). The largest absolute Gasteiger partial charge is 0.330 e. The van der Waals surface area contributed by atoms with Crippen molar-refractivity contribution in [1.82, 2.24) is 0 Å². The number of hydrogen-bond acceptors (Lipinski definition) is 2. The van der Waals surface area contributed by atoms with Crippen molar-refractivity contribution in [1.29, 1.82) is 0 Å². The van der Waals surface area contributed by atoms with Crippen LogP contribution in [0, 0.1) is 11.7 Å². The van der Waals surface area contributed by atoms with E-state index in [-0.39, 0.29) is 17.5 Å². The van der Waals surface area contributed by atoms with Crippen LogP contribution < -0.4 is 10.6 Å². The van der Waals surface area contributed by atoms with Crippen LogP contribution in [0.4, 0.5) is 10.1 Å². The summed E-state index contributed by atoms with van der Waals surface area (Å²) in [6.45, 7) is 0.877. The number of anilines is 1. The van der Waals surface area contributed by atoms with Crippen molar-refractivity contribution in [3.8, 4) is 0 Å². The maximum absolute atomic E-state index is 13.8. The minimum Gasteiger partial charge on any atom is -0.330 e. The predicted octanol–water partition coefficient (Wildman–Crippen LogP) is 2.55. The molecule has 0 radical (unpaired) electrons. The summed E-state index contributed by atoms with van der Waals surface area (Å²) in [5, 5.41) is 0.292. The molecule has 1 aliphatic rings. The van der Waals surface area contributed by atoms with Gasteiger partial charge in [-0.3, -0.25) is 4.79 Å². The molecule has 0 spiro atoms. The van der Waals surface area contributed by atoms with Crippen molar-refractivity contribution in [3.63, 3.8) is 0 Å². The number of carbonyl (C=O) groups is 1. The molecule has 0 aromatic heterocycles. The van der Waals surface area contributed by atoms with Crippen molar-refractivity contribution in [2.45, 2.75) is 6.42 Å². The van der Waals surface area contributed by atoms with Gasteiger partial charge in [0.05, 0.1) is 5.69 Å². The summed E-state index contributed by atoms with van der Waals surface area (Å²) < 4.78 is 14.3. The lowest BCUT2D eigenvalue weighted by atomic mass is 10.1. The summed E-state index contributed by atoms with van der Waals surface area (Å²) in [5.41, 5.74) is 5.78. The summed E-state index contributed by atoms with van der Waals surface area (Å²) in [6.07, 6.45) is 0.366. The zero-order valence-corrected chi connectivity index (χ0v) is 11.3. The quantitative estimate of drug-likeness (QED) is 0.910.